The normalized spacial score (nSPS) is 13.3. The third-order valence-corrected chi connectivity index (χ3v) is 3.78. The summed E-state index contributed by atoms with van der Waals surface area (Å²) in [7, 11) is 1.27. The Kier molecular flexibility index (Phi) is 3.97. The van der Waals surface area contributed by atoms with E-state index in [1.165, 1.54) is 13.4 Å². The first-order valence-corrected chi connectivity index (χ1v) is 7.24. The number of rotatable bonds is 3. The first-order chi connectivity index (χ1) is 11.1. The van der Waals surface area contributed by atoms with Gasteiger partial charge in [0.1, 0.15) is 12.0 Å². The van der Waals surface area contributed by atoms with Gasteiger partial charge in [0.05, 0.1) is 29.5 Å². The number of hydrogen-bond donors (Lipinski definition) is 1. The molecule has 0 saturated heterocycles. The Balaban J connectivity index is 1.91. The molecule has 1 N–H and O–H groups in total. The van der Waals surface area contributed by atoms with Crippen molar-refractivity contribution in [1.29, 1.82) is 0 Å². The molecule has 23 heavy (non-hydrogen) atoms. The highest BCUT2D eigenvalue weighted by Crippen LogP contribution is 2.27. The Morgan fingerprint density at radius 1 is 1.17 bits per heavy atom. The second kappa shape index (κ2) is 6.08. The SMILES string of the molecule is COC(=O)c1ccccc1NC(=O)c1coc2c1C(=O)CCC2. The lowest BCUT2D eigenvalue weighted by Gasteiger charge is -2.11. The van der Waals surface area contributed by atoms with E-state index in [4.69, 9.17) is 9.15 Å². The molecule has 0 spiro atoms. The van der Waals surface area contributed by atoms with E-state index in [0.717, 1.165) is 6.42 Å². The topological polar surface area (TPSA) is 85.6 Å². The molecule has 3 rings (SSSR count). The van der Waals surface area contributed by atoms with Gasteiger partial charge >= 0.3 is 5.97 Å². The highest BCUT2D eigenvalue weighted by atomic mass is 16.5. The van der Waals surface area contributed by atoms with Gasteiger partial charge in [-0.05, 0) is 18.6 Å². The molecule has 0 saturated carbocycles. The van der Waals surface area contributed by atoms with Gasteiger partial charge in [-0.25, -0.2) is 4.79 Å². The monoisotopic (exact) mass is 313 g/mol. The molecular formula is C17H15NO5. The number of methoxy groups -OCH3 is 1. The highest BCUT2D eigenvalue weighted by molar-refractivity contribution is 6.14. The Bertz CT molecular complexity index is 790. The predicted octanol–water partition coefficient (Wildman–Crippen LogP) is 2.84. The minimum atomic E-state index is -0.550. The van der Waals surface area contributed by atoms with Crippen LogP contribution in [0.2, 0.25) is 0 Å². The molecule has 0 atom stereocenters. The quantitative estimate of drug-likeness (QED) is 0.881. The number of anilines is 1. The smallest absolute Gasteiger partial charge is 0.339 e. The number of ketones is 1. The van der Waals surface area contributed by atoms with Gasteiger partial charge < -0.3 is 14.5 Å². The lowest BCUT2D eigenvalue weighted by atomic mass is 9.94. The Morgan fingerprint density at radius 2 is 1.96 bits per heavy atom. The minimum Gasteiger partial charge on any atom is -0.468 e. The van der Waals surface area contributed by atoms with Gasteiger partial charge in [0.15, 0.2) is 5.78 Å². The molecule has 0 aliphatic heterocycles. The summed E-state index contributed by atoms with van der Waals surface area (Å²) >= 11 is 0. The van der Waals surface area contributed by atoms with Crippen molar-refractivity contribution in [2.45, 2.75) is 19.3 Å². The molecule has 1 aliphatic rings. The summed E-state index contributed by atoms with van der Waals surface area (Å²) in [5.74, 6) is -0.577. The summed E-state index contributed by atoms with van der Waals surface area (Å²) < 4.78 is 10.0. The standard InChI is InChI=1S/C17H15NO5/c1-22-17(21)10-5-2-3-6-12(10)18-16(20)11-9-23-14-8-4-7-13(19)15(11)14/h2-3,5-6,9H,4,7-8H2,1H3,(H,18,20). The summed E-state index contributed by atoms with van der Waals surface area (Å²) in [5, 5.41) is 2.65. The van der Waals surface area contributed by atoms with Gasteiger partial charge in [0, 0.05) is 12.8 Å². The van der Waals surface area contributed by atoms with Crippen LogP contribution in [0.5, 0.6) is 0 Å². The van der Waals surface area contributed by atoms with Gasteiger partial charge in [-0.1, -0.05) is 12.1 Å². The number of aryl methyl sites for hydroxylation is 1. The van der Waals surface area contributed by atoms with Crippen LogP contribution in [0.1, 0.15) is 49.7 Å². The fourth-order valence-corrected chi connectivity index (χ4v) is 2.66. The zero-order chi connectivity index (χ0) is 16.4. The Morgan fingerprint density at radius 3 is 2.74 bits per heavy atom. The molecule has 1 aromatic carbocycles. The molecule has 1 heterocycles. The number of benzene rings is 1. The average Bonchev–Trinajstić information content (AvgIpc) is 3.00. The maximum absolute atomic E-state index is 12.5. The Hall–Kier alpha value is -2.89. The number of amides is 1. The largest absolute Gasteiger partial charge is 0.468 e. The average molecular weight is 313 g/mol. The number of furan rings is 1. The van der Waals surface area contributed by atoms with E-state index >= 15 is 0 Å². The maximum atomic E-state index is 12.5. The summed E-state index contributed by atoms with van der Waals surface area (Å²) in [6.45, 7) is 0. The minimum absolute atomic E-state index is 0.0913. The van der Waals surface area contributed by atoms with Crippen molar-refractivity contribution < 1.29 is 23.5 Å². The fraction of sp³-hybridized carbons (Fsp3) is 0.235. The van der Waals surface area contributed by atoms with Crippen LogP contribution in [0, 0.1) is 0 Å². The van der Waals surface area contributed by atoms with Gasteiger partial charge in [0.25, 0.3) is 5.91 Å². The molecule has 6 heteroatoms. The van der Waals surface area contributed by atoms with Crippen molar-refractivity contribution in [2.24, 2.45) is 0 Å². The van der Waals surface area contributed by atoms with Crippen LogP contribution in [0.3, 0.4) is 0 Å². The molecule has 1 amide bonds. The molecular weight excluding hydrogens is 298 g/mol. The van der Waals surface area contributed by atoms with E-state index in [1.54, 1.807) is 24.3 Å². The molecule has 0 unspecified atom stereocenters. The second-order valence-corrected chi connectivity index (χ2v) is 5.22. The summed E-state index contributed by atoms with van der Waals surface area (Å²) in [5.41, 5.74) is 1.11. The summed E-state index contributed by atoms with van der Waals surface area (Å²) in [6.07, 6.45) is 3.08. The third kappa shape index (κ3) is 2.75. The van der Waals surface area contributed by atoms with Crippen molar-refractivity contribution >= 4 is 23.3 Å². The van der Waals surface area contributed by atoms with E-state index in [1.807, 2.05) is 0 Å². The van der Waals surface area contributed by atoms with Crippen molar-refractivity contribution in [3.8, 4) is 0 Å². The van der Waals surface area contributed by atoms with Crippen molar-refractivity contribution in [2.75, 3.05) is 12.4 Å². The number of Topliss-reactive ketones (excluding diaryl/α,β-unsaturated/α-hetero) is 1. The lowest BCUT2D eigenvalue weighted by molar-refractivity contribution is 0.0601. The van der Waals surface area contributed by atoms with Crippen molar-refractivity contribution in [3.05, 3.63) is 53.0 Å². The zero-order valence-electron chi connectivity index (χ0n) is 12.5. The van der Waals surface area contributed by atoms with Crippen LogP contribution < -0.4 is 5.32 Å². The number of hydrogen-bond acceptors (Lipinski definition) is 5. The van der Waals surface area contributed by atoms with E-state index in [0.29, 0.717) is 29.9 Å². The van der Waals surface area contributed by atoms with Gasteiger partial charge in [-0.15, -0.1) is 0 Å². The maximum Gasteiger partial charge on any atom is 0.339 e. The second-order valence-electron chi connectivity index (χ2n) is 5.22. The fourth-order valence-electron chi connectivity index (χ4n) is 2.66. The number of nitrogens with one attached hydrogen (secondary N) is 1. The van der Waals surface area contributed by atoms with Gasteiger partial charge in [-0.3, -0.25) is 9.59 Å². The Labute approximate surface area is 132 Å². The number of ether oxygens (including phenoxy) is 1. The van der Waals surface area contributed by atoms with Crippen LogP contribution in [0.15, 0.2) is 34.9 Å². The van der Waals surface area contributed by atoms with Crippen LogP contribution in [0.25, 0.3) is 0 Å². The molecule has 118 valence electrons. The van der Waals surface area contributed by atoms with Crippen molar-refractivity contribution in [1.82, 2.24) is 0 Å². The van der Waals surface area contributed by atoms with Crippen LogP contribution in [-0.2, 0) is 11.2 Å². The van der Waals surface area contributed by atoms with Crippen molar-refractivity contribution in [3.63, 3.8) is 0 Å². The lowest BCUT2D eigenvalue weighted by Crippen LogP contribution is -2.19. The predicted molar refractivity (Wildman–Crippen MR) is 81.7 cm³/mol. The molecule has 2 aromatic rings. The first-order valence-electron chi connectivity index (χ1n) is 7.24. The molecule has 1 aliphatic carbocycles. The molecule has 0 fully saturated rings. The first kappa shape index (κ1) is 15.0. The van der Waals surface area contributed by atoms with Crippen LogP contribution >= 0.6 is 0 Å². The number of carbonyl (C=O) groups is 3. The highest BCUT2D eigenvalue weighted by Gasteiger charge is 2.28. The molecule has 1 aromatic heterocycles. The summed E-state index contributed by atoms with van der Waals surface area (Å²) in [4.78, 5) is 36.3. The van der Waals surface area contributed by atoms with Crippen LogP contribution in [-0.4, -0.2) is 24.8 Å². The van der Waals surface area contributed by atoms with Gasteiger partial charge in [0.2, 0.25) is 0 Å². The van der Waals surface area contributed by atoms with E-state index < -0.39 is 11.9 Å². The van der Waals surface area contributed by atoms with Gasteiger partial charge in [-0.2, -0.15) is 0 Å². The summed E-state index contributed by atoms with van der Waals surface area (Å²) in [6, 6.07) is 6.51. The number of esters is 1. The third-order valence-electron chi connectivity index (χ3n) is 3.78. The van der Waals surface area contributed by atoms with E-state index in [9.17, 15) is 14.4 Å². The molecule has 0 radical (unpaired) electrons. The number of fused-ring (bicyclic) bond motifs is 1. The number of carbonyl (C=O) groups excluding carboxylic acids is 3. The zero-order valence-corrected chi connectivity index (χ0v) is 12.5. The molecule has 0 bridgehead atoms. The van der Waals surface area contributed by atoms with E-state index in [-0.39, 0.29) is 16.9 Å². The number of para-hydroxylation sites is 1. The van der Waals surface area contributed by atoms with E-state index in [2.05, 4.69) is 5.32 Å². The molecule has 6 nitrogen and oxygen atoms in total. The van der Waals surface area contributed by atoms with Crippen LogP contribution in [0.4, 0.5) is 5.69 Å².